The Kier molecular flexibility index (Phi) is 72.9. The minimum Gasteiger partial charge on any atom is -0.462 e. The van der Waals surface area contributed by atoms with Gasteiger partial charge in [0.25, 0.3) is 0 Å². The molecule has 0 bridgehead atoms. The van der Waals surface area contributed by atoms with E-state index in [1.54, 1.807) is 0 Å². The number of rotatable bonds is 81. The summed E-state index contributed by atoms with van der Waals surface area (Å²) in [6, 6.07) is 0. The average Bonchev–Trinajstić information content (AvgIpc) is 1.08. The number of aliphatic hydroxyl groups excluding tert-OH is 1. The summed E-state index contributed by atoms with van der Waals surface area (Å²) in [4.78, 5) is 72.8. The maximum atomic E-state index is 13.1. The lowest BCUT2D eigenvalue weighted by Crippen LogP contribution is -2.30. The minimum atomic E-state index is -4.96. The van der Waals surface area contributed by atoms with Crippen LogP contribution in [0.15, 0.2) is 0 Å². The van der Waals surface area contributed by atoms with E-state index in [9.17, 15) is 43.2 Å². The molecular weight excluding hydrogens is 1290 g/mol. The number of carbonyl (C=O) groups is 4. The molecule has 5 atom stereocenters. The van der Waals surface area contributed by atoms with Gasteiger partial charge in [-0.15, -0.1) is 0 Å². The fourth-order valence-corrected chi connectivity index (χ4v) is 14.0. The van der Waals surface area contributed by atoms with E-state index in [0.717, 1.165) is 103 Å². The Labute approximate surface area is 607 Å². The molecule has 588 valence electrons. The van der Waals surface area contributed by atoms with Crippen LogP contribution in [0.5, 0.6) is 0 Å². The molecule has 0 aromatic carbocycles. The van der Waals surface area contributed by atoms with Crippen LogP contribution < -0.4 is 0 Å². The number of phosphoric acid groups is 2. The van der Waals surface area contributed by atoms with Crippen molar-refractivity contribution < 1.29 is 80.2 Å². The molecule has 0 aliphatic carbocycles. The highest BCUT2D eigenvalue weighted by molar-refractivity contribution is 7.47. The molecule has 0 saturated heterocycles. The molecular formula is C80H156O17P2. The Hall–Kier alpha value is -1.94. The number of unbranched alkanes of at least 4 members (excludes halogenated alkanes) is 55. The lowest BCUT2D eigenvalue weighted by Gasteiger charge is -2.21. The molecule has 0 aromatic heterocycles. The largest absolute Gasteiger partial charge is 0.472 e. The van der Waals surface area contributed by atoms with E-state index in [1.165, 1.54) is 250 Å². The normalized spacial score (nSPS) is 13.8. The van der Waals surface area contributed by atoms with Gasteiger partial charge in [-0.05, 0) is 25.7 Å². The van der Waals surface area contributed by atoms with E-state index < -0.39 is 97.5 Å². The summed E-state index contributed by atoms with van der Waals surface area (Å²) < 4.78 is 68.6. The topological polar surface area (TPSA) is 237 Å². The van der Waals surface area contributed by atoms with Crippen LogP contribution in [-0.2, 0) is 65.4 Å². The Morgan fingerprint density at radius 1 is 0.242 bits per heavy atom. The summed E-state index contributed by atoms with van der Waals surface area (Å²) in [7, 11) is -9.91. The molecule has 0 spiro atoms. The van der Waals surface area contributed by atoms with Gasteiger partial charge in [0.2, 0.25) is 0 Å². The predicted octanol–water partition coefficient (Wildman–Crippen LogP) is 24.2. The summed E-state index contributed by atoms with van der Waals surface area (Å²) in [6.45, 7) is 4.98. The highest BCUT2D eigenvalue weighted by atomic mass is 31.2. The van der Waals surface area contributed by atoms with E-state index >= 15 is 0 Å². The zero-order valence-electron chi connectivity index (χ0n) is 64.5. The van der Waals surface area contributed by atoms with E-state index in [0.29, 0.717) is 25.7 Å². The first-order valence-electron chi connectivity index (χ1n) is 41.8. The van der Waals surface area contributed by atoms with Crippen molar-refractivity contribution in [1.82, 2.24) is 0 Å². The van der Waals surface area contributed by atoms with Crippen LogP contribution in [0.1, 0.15) is 432 Å². The summed E-state index contributed by atoms with van der Waals surface area (Å²) in [5.74, 6) is -2.11. The molecule has 19 heteroatoms. The SMILES string of the molecule is CCCCCCCCCCCCCCCCCCCCCCC(=O)O[C@H](COC(=O)CCCCCCCCCCCCCCCCCC)COP(=O)(O)OC[C@@H](O)COP(=O)(O)OC[C@@H](COC(=O)CCCCCCCCC)OC(=O)CCCCCCCCCCCCCCCCCC. The molecule has 0 fully saturated rings. The fraction of sp³-hybridized carbons (Fsp3) is 0.950. The zero-order chi connectivity index (χ0) is 72.5. The third-order valence-corrected chi connectivity index (χ3v) is 20.8. The van der Waals surface area contributed by atoms with Gasteiger partial charge in [-0.3, -0.25) is 37.3 Å². The second kappa shape index (κ2) is 74.3. The Bertz CT molecular complexity index is 1880. The lowest BCUT2D eigenvalue weighted by molar-refractivity contribution is -0.161. The van der Waals surface area contributed by atoms with Gasteiger partial charge in [-0.25, -0.2) is 9.13 Å². The molecule has 0 rings (SSSR count). The average molecular weight is 1450 g/mol. The molecule has 0 amide bonds. The van der Waals surface area contributed by atoms with Crippen molar-refractivity contribution in [2.24, 2.45) is 0 Å². The summed E-state index contributed by atoms with van der Waals surface area (Å²) >= 11 is 0. The van der Waals surface area contributed by atoms with Gasteiger partial charge in [-0.2, -0.15) is 0 Å². The predicted molar refractivity (Wildman–Crippen MR) is 405 cm³/mol. The smallest absolute Gasteiger partial charge is 0.462 e. The van der Waals surface area contributed by atoms with Crippen molar-refractivity contribution in [2.75, 3.05) is 39.6 Å². The minimum absolute atomic E-state index is 0.109. The second-order valence-electron chi connectivity index (χ2n) is 28.8. The molecule has 0 aromatic rings. The molecule has 0 saturated carbocycles. The monoisotopic (exact) mass is 1450 g/mol. The van der Waals surface area contributed by atoms with E-state index in [1.807, 2.05) is 0 Å². The van der Waals surface area contributed by atoms with Gasteiger partial charge in [0, 0.05) is 25.7 Å². The third kappa shape index (κ3) is 74.1. The first-order chi connectivity index (χ1) is 48.2. The molecule has 0 aliphatic heterocycles. The first kappa shape index (κ1) is 97.1. The van der Waals surface area contributed by atoms with Crippen LogP contribution in [-0.4, -0.2) is 96.7 Å². The van der Waals surface area contributed by atoms with E-state index in [2.05, 4.69) is 27.7 Å². The molecule has 0 aliphatic rings. The quantitative estimate of drug-likeness (QED) is 0.0222. The van der Waals surface area contributed by atoms with Gasteiger partial charge in [0.15, 0.2) is 12.2 Å². The lowest BCUT2D eigenvalue weighted by atomic mass is 10.0. The van der Waals surface area contributed by atoms with Crippen molar-refractivity contribution >= 4 is 39.5 Å². The molecule has 0 radical (unpaired) electrons. The highest BCUT2D eigenvalue weighted by Crippen LogP contribution is 2.45. The van der Waals surface area contributed by atoms with Gasteiger partial charge in [0.05, 0.1) is 26.4 Å². The van der Waals surface area contributed by atoms with Crippen molar-refractivity contribution in [2.45, 2.75) is 451 Å². The second-order valence-corrected chi connectivity index (χ2v) is 31.7. The Morgan fingerprint density at radius 3 is 0.596 bits per heavy atom. The number of aliphatic hydroxyl groups is 1. The van der Waals surface area contributed by atoms with Gasteiger partial charge in [0.1, 0.15) is 19.3 Å². The third-order valence-electron chi connectivity index (χ3n) is 18.9. The van der Waals surface area contributed by atoms with E-state index in [-0.39, 0.29) is 25.7 Å². The van der Waals surface area contributed by atoms with Crippen molar-refractivity contribution in [3.63, 3.8) is 0 Å². The summed E-state index contributed by atoms with van der Waals surface area (Å²) in [5, 5.41) is 10.6. The number of ether oxygens (including phenoxy) is 4. The van der Waals surface area contributed by atoms with Crippen LogP contribution in [0.4, 0.5) is 0 Å². The zero-order valence-corrected chi connectivity index (χ0v) is 66.3. The van der Waals surface area contributed by atoms with Gasteiger partial charge >= 0.3 is 39.5 Å². The van der Waals surface area contributed by atoms with Crippen molar-refractivity contribution in [3.05, 3.63) is 0 Å². The number of hydrogen-bond acceptors (Lipinski definition) is 15. The molecule has 99 heavy (non-hydrogen) atoms. The number of carbonyl (C=O) groups excluding carboxylic acids is 4. The fourth-order valence-electron chi connectivity index (χ4n) is 12.5. The molecule has 3 N–H and O–H groups in total. The van der Waals surface area contributed by atoms with Crippen molar-refractivity contribution in [1.29, 1.82) is 0 Å². The summed E-state index contributed by atoms with van der Waals surface area (Å²) in [6.07, 6.45) is 66.8. The standard InChI is InChI=1S/C80H156O17P2/c1-5-9-13-17-21-24-27-30-33-36-37-38-39-42-45-48-51-55-59-63-67-80(85)97-76(71-91-78(83)65-61-57-53-49-46-43-40-34-31-28-25-22-18-14-10-6-2)73-95-99(88,89)93-69-74(81)68-92-98(86,87)94-72-75(70-90-77(82)64-60-56-52-20-16-12-8-4)96-79(84)66-62-58-54-50-47-44-41-35-32-29-26-23-19-15-11-7-3/h74-76,81H,5-73H2,1-4H3,(H,86,87)(H,88,89)/t74-,75+,76+/m0/s1. The van der Waals surface area contributed by atoms with Crippen LogP contribution in [0.25, 0.3) is 0 Å². The van der Waals surface area contributed by atoms with Gasteiger partial charge < -0.3 is 33.8 Å². The number of esters is 4. The molecule has 17 nitrogen and oxygen atoms in total. The molecule has 0 heterocycles. The van der Waals surface area contributed by atoms with Crippen LogP contribution in [0.3, 0.4) is 0 Å². The Balaban J connectivity index is 5.17. The van der Waals surface area contributed by atoms with Gasteiger partial charge in [-0.1, -0.05) is 381 Å². The number of hydrogen-bond donors (Lipinski definition) is 3. The maximum Gasteiger partial charge on any atom is 0.472 e. The van der Waals surface area contributed by atoms with Crippen LogP contribution in [0.2, 0.25) is 0 Å². The summed E-state index contributed by atoms with van der Waals surface area (Å²) in [5.41, 5.74) is 0. The maximum absolute atomic E-state index is 13.1. The number of phosphoric ester groups is 2. The first-order valence-corrected chi connectivity index (χ1v) is 44.8. The van der Waals surface area contributed by atoms with Crippen LogP contribution in [0, 0.1) is 0 Å². The van der Waals surface area contributed by atoms with Crippen LogP contribution >= 0.6 is 15.6 Å². The van der Waals surface area contributed by atoms with E-state index in [4.69, 9.17) is 37.0 Å². The Morgan fingerprint density at radius 2 is 0.404 bits per heavy atom. The molecule has 2 unspecified atom stereocenters. The van der Waals surface area contributed by atoms with Crippen molar-refractivity contribution in [3.8, 4) is 0 Å². The highest BCUT2D eigenvalue weighted by Gasteiger charge is 2.30.